The molecular weight excluding hydrogens is 583 g/mol. The van der Waals surface area contributed by atoms with E-state index >= 15 is 4.39 Å². The van der Waals surface area contributed by atoms with Gasteiger partial charge in [0.1, 0.15) is 5.82 Å². The van der Waals surface area contributed by atoms with Crippen molar-refractivity contribution in [3.8, 4) is 5.69 Å². The number of likely N-dealkylation sites (N-methyl/N-ethyl adjacent to an activating group) is 1. The van der Waals surface area contributed by atoms with Crippen LogP contribution in [0.3, 0.4) is 0 Å². The van der Waals surface area contributed by atoms with E-state index in [9.17, 15) is 18.0 Å². The highest BCUT2D eigenvalue weighted by molar-refractivity contribution is 7.91. The monoisotopic (exact) mass is 630 g/mol. The first-order valence-electron chi connectivity index (χ1n) is 16.0. The zero-order valence-corrected chi connectivity index (χ0v) is 27.2. The van der Waals surface area contributed by atoms with Crippen molar-refractivity contribution in [2.75, 3.05) is 37.2 Å². The molecule has 0 radical (unpaired) electrons. The molecule has 2 heterocycles. The minimum atomic E-state index is -3.49. The first-order valence-corrected chi connectivity index (χ1v) is 17.6. The Kier molecular flexibility index (Phi) is 9.32. The molecule has 1 fully saturated rings. The lowest BCUT2D eigenvalue weighted by molar-refractivity contribution is 0.0997. The lowest BCUT2D eigenvalue weighted by Crippen LogP contribution is -2.46. The number of nitrogens with two attached hydrogens (primary N) is 1. The van der Waals surface area contributed by atoms with Crippen molar-refractivity contribution in [2.45, 2.75) is 96.0 Å². The maximum atomic E-state index is 15.7. The summed E-state index contributed by atoms with van der Waals surface area (Å²) in [7, 11) is -3.49. The summed E-state index contributed by atoms with van der Waals surface area (Å²) in [6.07, 6.45) is 5.69. The number of primary amides is 1. The van der Waals surface area contributed by atoms with E-state index in [1.54, 1.807) is 6.07 Å². The molecule has 44 heavy (non-hydrogen) atoms. The van der Waals surface area contributed by atoms with Crippen molar-refractivity contribution in [1.82, 2.24) is 20.1 Å². The van der Waals surface area contributed by atoms with Crippen LogP contribution < -0.4 is 21.7 Å². The van der Waals surface area contributed by atoms with Gasteiger partial charge in [-0.1, -0.05) is 27.7 Å². The molecule has 5 N–H and O–H groups in total. The van der Waals surface area contributed by atoms with Gasteiger partial charge in [0.15, 0.2) is 9.84 Å². The molecule has 2 aliphatic carbocycles. The molecular formula is C32H47FN6O4S. The van der Waals surface area contributed by atoms with Gasteiger partial charge in [-0.2, -0.15) is 0 Å². The fraction of sp³-hybridized carbons (Fsp3) is 0.625. The smallest absolute Gasteiger partial charge is 0.315 e. The van der Waals surface area contributed by atoms with Crippen LogP contribution in [0.25, 0.3) is 5.69 Å². The maximum absolute atomic E-state index is 15.7. The van der Waals surface area contributed by atoms with Crippen LogP contribution in [0.1, 0.15) is 87.1 Å². The predicted molar refractivity (Wildman–Crippen MR) is 170 cm³/mol. The summed E-state index contributed by atoms with van der Waals surface area (Å²) in [5, 5.41) is 9.38. The van der Waals surface area contributed by atoms with E-state index in [4.69, 9.17) is 5.73 Å². The van der Waals surface area contributed by atoms with Gasteiger partial charge in [0.25, 0.3) is 5.91 Å². The average molecular weight is 631 g/mol. The molecule has 1 aromatic carbocycles. The summed E-state index contributed by atoms with van der Waals surface area (Å²) in [6, 6.07) is 2.85. The lowest BCUT2D eigenvalue weighted by atomic mass is 9.89. The Morgan fingerprint density at radius 2 is 1.75 bits per heavy atom. The summed E-state index contributed by atoms with van der Waals surface area (Å²) in [4.78, 5) is 27.5. The standard InChI is InChI=1S/C32H47FN6O4S/c1-5-38(6-2)15-14-35-31(41)37-21-12-10-20(11-13-21)36-25-17-22(16-24(33)28(25)30(34)40)39-26-9-7-8-23(26)29-27(39)18-32(3,4)19-44(29,42)43/h16-17,20-21,36H,5-15,18-19H2,1-4H3,(H2,34,40)(H2,35,37,41)/t20-,21-. The molecule has 3 amide bonds. The first kappa shape index (κ1) is 32.3. The third kappa shape index (κ3) is 6.61. The number of sulfone groups is 1. The number of carbonyl (C=O) groups is 2. The van der Waals surface area contributed by atoms with Gasteiger partial charge < -0.3 is 31.2 Å². The molecule has 0 atom stereocenters. The fourth-order valence-electron chi connectivity index (χ4n) is 7.38. The molecule has 1 aliphatic heterocycles. The van der Waals surface area contributed by atoms with Crippen LogP contribution >= 0.6 is 0 Å². The Morgan fingerprint density at radius 3 is 2.41 bits per heavy atom. The topological polar surface area (TPSA) is 139 Å². The second kappa shape index (κ2) is 12.7. The van der Waals surface area contributed by atoms with Gasteiger partial charge in [-0.25, -0.2) is 17.6 Å². The SMILES string of the molecule is CCN(CC)CCNC(=O)N[C@H]1CC[C@H](Nc2cc(-n3c4c(c5c3CC(C)(C)CS5(=O)=O)CCC4)cc(F)c2C(N)=O)CC1. The van der Waals surface area contributed by atoms with E-state index in [0.717, 1.165) is 63.0 Å². The fourth-order valence-corrected chi connectivity index (χ4v) is 9.77. The molecule has 2 aromatic rings. The number of hydrogen-bond acceptors (Lipinski definition) is 6. The maximum Gasteiger partial charge on any atom is 0.315 e. The van der Waals surface area contributed by atoms with E-state index in [0.29, 0.717) is 47.8 Å². The molecule has 5 rings (SSSR count). The second-order valence-electron chi connectivity index (χ2n) is 13.3. The highest BCUT2D eigenvalue weighted by atomic mass is 32.2. The number of hydrogen-bond donors (Lipinski definition) is 4. The normalized spacial score (nSPS) is 21.9. The molecule has 1 saturated carbocycles. The third-order valence-corrected chi connectivity index (χ3v) is 11.7. The number of amides is 3. The summed E-state index contributed by atoms with van der Waals surface area (Å²) in [6.45, 7) is 11.4. The average Bonchev–Trinajstić information content (AvgIpc) is 3.50. The van der Waals surface area contributed by atoms with E-state index in [2.05, 4.69) is 34.7 Å². The Hall–Kier alpha value is -3.12. The van der Waals surface area contributed by atoms with Gasteiger partial charge in [-0.05, 0) is 87.6 Å². The van der Waals surface area contributed by atoms with Gasteiger partial charge in [0.2, 0.25) is 0 Å². The summed E-state index contributed by atoms with van der Waals surface area (Å²) in [5.74, 6) is -1.51. The molecule has 0 spiro atoms. The number of nitrogens with one attached hydrogen (secondary N) is 3. The highest BCUT2D eigenvalue weighted by Crippen LogP contribution is 2.45. The zero-order valence-electron chi connectivity index (χ0n) is 26.4. The van der Waals surface area contributed by atoms with Crippen molar-refractivity contribution < 1.29 is 22.4 Å². The highest BCUT2D eigenvalue weighted by Gasteiger charge is 2.42. The van der Waals surface area contributed by atoms with E-state index in [1.165, 1.54) is 6.07 Å². The number of carbonyl (C=O) groups excluding carboxylic acids is 2. The number of rotatable bonds is 10. The summed E-state index contributed by atoms with van der Waals surface area (Å²) < 4.78 is 44.5. The van der Waals surface area contributed by atoms with E-state index in [-0.39, 0.29) is 29.4 Å². The van der Waals surface area contributed by atoms with Crippen LogP contribution in [-0.2, 0) is 29.1 Å². The number of anilines is 1. The summed E-state index contributed by atoms with van der Waals surface area (Å²) in [5.41, 5.74) is 8.26. The summed E-state index contributed by atoms with van der Waals surface area (Å²) >= 11 is 0. The second-order valence-corrected chi connectivity index (χ2v) is 15.3. The number of fused-ring (bicyclic) bond motifs is 3. The number of aromatic nitrogens is 1. The number of nitrogens with zero attached hydrogens (tertiary/aromatic N) is 2. The van der Waals surface area contributed by atoms with Crippen molar-refractivity contribution in [3.05, 3.63) is 40.5 Å². The Labute approximate surface area is 260 Å². The third-order valence-electron chi connectivity index (χ3n) is 9.41. The van der Waals surface area contributed by atoms with Crippen LogP contribution in [-0.4, -0.2) is 73.8 Å². The van der Waals surface area contributed by atoms with Gasteiger partial charge in [-0.15, -0.1) is 0 Å². The number of benzene rings is 1. The zero-order chi connectivity index (χ0) is 31.8. The van der Waals surface area contributed by atoms with Crippen LogP contribution in [0.15, 0.2) is 17.0 Å². The minimum Gasteiger partial charge on any atom is -0.382 e. The van der Waals surface area contributed by atoms with Crippen molar-refractivity contribution in [1.29, 1.82) is 0 Å². The Bertz CT molecular complexity index is 1520. The molecule has 10 nitrogen and oxygen atoms in total. The van der Waals surface area contributed by atoms with Crippen molar-refractivity contribution in [3.63, 3.8) is 0 Å². The van der Waals surface area contributed by atoms with Gasteiger partial charge >= 0.3 is 6.03 Å². The van der Waals surface area contributed by atoms with E-state index < -0.39 is 27.0 Å². The molecule has 3 aliphatic rings. The van der Waals surface area contributed by atoms with Crippen LogP contribution in [0, 0.1) is 11.2 Å². The lowest BCUT2D eigenvalue weighted by Gasteiger charge is -2.32. The minimum absolute atomic E-state index is 0.0273. The van der Waals surface area contributed by atoms with Crippen LogP contribution in [0.4, 0.5) is 14.9 Å². The molecule has 0 unspecified atom stereocenters. The molecule has 12 heteroatoms. The molecule has 0 saturated heterocycles. The largest absolute Gasteiger partial charge is 0.382 e. The Balaban J connectivity index is 1.34. The van der Waals surface area contributed by atoms with Crippen molar-refractivity contribution in [2.24, 2.45) is 11.1 Å². The van der Waals surface area contributed by atoms with Crippen LogP contribution in [0.5, 0.6) is 0 Å². The van der Waals surface area contributed by atoms with Crippen molar-refractivity contribution >= 4 is 27.5 Å². The first-order chi connectivity index (χ1) is 20.8. The number of halogens is 1. The van der Waals surface area contributed by atoms with E-state index in [1.807, 2.05) is 18.4 Å². The van der Waals surface area contributed by atoms with Crippen LogP contribution in [0.2, 0.25) is 0 Å². The Morgan fingerprint density at radius 1 is 1.07 bits per heavy atom. The predicted octanol–water partition coefficient (Wildman–Crippen LogP) is 3.92. The molecule has 0 bridgehead atoms. The molecule has 1 aromatic heterocycles. The quantitative estimate of drug-likeness (QED) is 0.314. The van der Waals surface area contributed by atoms with Gasteiger partial charge in [0, 0.05) is 36.6 Å². The number of urea groups is 1. The van der Waals surface area contributed by atoms with Gasteiger partial charge in [0.05, 0.1) is 27.6 Å². The van der Waals surface area contributed by atoms with Gasteiger partial charge in [-0.3, -0.25) is 4.79 Å². The molecule has 242 valence electrons.